The van der Waals surface area contributed by atoms with Gasteiger partial charge in [-0.3, -0.25) is 4.79 Å². The van der Waals surface area contributed by atoms with Crippen LogP contribution in [0.1, 0.15) is 13.8 Å². The van der Waals surface area contributed by atoms with Gasteiger partial charge in [-0.05, 0) is 43.4 Å². The fraction of sp³-hybridized carbons (Fsp3) is 0.350. The number of nitrogens with zero attached hydrogens (tertiary/aromatic N) is 2. The molecule has 0 atom stereocenters. The summed E-state index contributed by atoms with van der Waals surface area (Å²) in [5.74, 6) is 0.752. The Kier molecular flexibility index (Phi) is 4.86. The molecule has 3 rings (SSSR count). The Morgan fingerprint density at radius 1 is 1.00 bits per heavy atom. The first-order valence-corrected chi connectivity index (χ1v) is 8.52. The number of aromatic nitrogens is 1. The van der Waals surface area contributed by atoms with E-state index in [1.165, 1.54) is 0 Å². The van der Waals surface area contributed by atoms with Crippen LogP contribution in [0.4, 0.5) is 0 Å². The molecule has 0 N–H and O–H groups in total. The molecule has 0 aliphatic rings. The molecule has 0 saturated carbocycles. The topological polar surface area (TPSA) is 34.5 Å². The predicted octanol–water partition coefficient (Wildman–Crippen LogP) is 3.41. The van der Waals surface area contributed by atoms with Gasteiger partial charge in [-0.15, -0.1) is 0 Å². The van der Waals surface area contributed by atoms with Gasteiger partial charge in [0.05, 0.1) is 11.0 Å². The molecule has 0 bridgehead atoms. The SMILES string of the molecule is CCN(CC)CCOc1ccc2c(c1)c(=O)c1ccccc1n2C. The number of ether oxygens (including phenoxy) is 1. The zero-order valence-electron chi connectivity index (χ0n) is 14.6. The minimum atomic E-state index is 0.0629. The normalized spacial score (nSPS) is 11.5. The highest BCUT2D eigenvalue weighted by Gasteiger charge is 2.09. The Balaban J connectivity index is 1.95. The highest BCUT2D eigenvalue weighted by molar-refractivity contribution is 5.93. The van der Waals surface area contributed by atoms with Crippen LogP contribution in [0.5, 0.6) is 5.75 Å². The average Bonchev–Trinajstić information content (AvgIpc) is 2.63. The molecule has 0 spiro atoms. The van der Waals surface area contributed by atoms with Crippen LogP contribution in [0.15, 0.2) is 47.3 Å². The van der Waals surface area contributed by atoms with Crippen molar-refractivity contribution in [3.8, 4) is 5.75 Å². The van der Waals surface area contributed by atoms with E-state index in [2.05, 4.69) is 23.3 Å². The van der Waals surface area contributed by atoms with Gasteiger partial charge in [0.25, 0.3) is 0 Å². The molecule has 0 aliphatic heterocycles. The summed E-state index contributed by atoms with van der Waals surface area (Å²) < 4.78 is 7.93. The Morgan fingerprint density at radius 3 is 2.46 bits per heavy atom. The third-order valence-electron chi connectivity index (χ3n) is 4.65. The van der Waals surface area contributed by atoms with Crippen molar-refractivity contribution in [3.63, 3.8) is 0 Å². The van der Waals surface area contributed by atoms with Gasteiger partial charge in [0.15, 0.2) is 5.43 Å². The monoisotopic (exact) mass is 324 g/mol. The van der Waals surface area contributed by atoms with Gasteiger partial charge in [0, 0.05) is 24.4 Å². The summed E-state index contributed by atoms with van der Waals surface area (Å²) in [6.45, 7) is 7.85. The molecule has 1 heterocycles. The molecule has 3 aromatic rings. The standard InChI is InChI=1S/C20H24N2O2/c1-4-22(5-2)12-13-24-15-10-11-19-17(14-15)20(23)16-8-6-7-9-18(16)21(19)3/h6-11,14H,4-5,12-13H2,1-3H3. The Hall–Kier alpha value is -2.33. The number of rotatable bonds is 6. The van der Waals surface area contributed by atoms with Gasteiger partial charge >= 0.3 is 0 Å². The van der Waals surface area contributed by atoms with Gasteiger partial charge in [0.2, 0.25) is 0 Å². The van der Waals surface area contributed by atoms with Crippen molar-refractivity contribution in [3.05, 3.63) is 52.7 Å². The maximum Gasteiger partial charge on any atom is 0.197 e. The summed E-state index contributed by atoms with van der Waals surface area (Å²) in [6, 6.07) is 13.5. The van der Waals surface area contributed by atoms with Gasteiger partial charge < -0.3 is 14.2 Å². The van der Waals surface area contributed by atoms with Crippen molar-refractivity contribution in [1.82, 2.24) is 9.47 Å². The lowest BCUT2D eigenvalue weighted by Crippen LogP contribution is -2.27. The van der Waals surface area contributed by atoms with Crippen LogP contribution in [0.2, 0.25) is 0 Å². The molecular formula is C20H24N2O2. The first-order chi connectivity index (χ1) is 11.7. The summed E-state index contributed by atoms with van der Waals surface area (Å²) in [5.41, 5.74) is 1.94. The van der Waals surface area contributed by atoms with E-state index >= 15 is 0 Å². The summed E-state index contributed by atoms with van der Waals surface area (Å²) in [6.07, 6.45) is 0. The molecule has 0 saturated heterocycles. The van der Waals surface area contributed by atoms with Gasteiger partial charge in [-0.2, -0.15) is 0 Å². The van der Waals surface area contributed by atoms with E-state index < -0.39 is 0 Å². The maximum absolute atomic E-state index is 12.8. The molecule has 0 radical (unpaired) electrons. The molecule has 2 aromatic carbocycles. The fourth-order valence-corrected chi connectivity index (χ4v) is 3.14. The smallest absolute Gasteiger partial charge is 0.197 e. The van der Waals surface area contributed by atoms with E-state index in [4.69, 9.17) is 4.74 Å². The van der Waals surface area contributed by atoms with Crippen molar-refractivity contribution in [2.45, 2.75) is 13.8 Å². The molecule has 24 heavy (non-hydrogen) atoms. The number of hydrogen-bond donors (Lipinski definition) is 0. The second kappa shape index (κ2) is 7.05. The number of fused-ring (bicyclic) bond motifs is 2. The van der Waals surface area contributed by atoms with Crippen molar-refractivity contribution in [2.75, 3.05) is 26.2 Å². The van der Waals surface area contributed by atoms with Crippen molar-refractivity contribution < 1.29 is 4.74 Å². The number of pyridine rings is 1. The molecule has 126 valence electrons. The van der Waals surface area contributed by atoms with E-state index in [1.807, 2.05) is 49.5 Å². The lowest BCUT2D eigenvalue weighted by molar-refractivity contribution is 0.223. The number of aryl methyl sites for hydroxylation is 1. The predicted molar refractivity (Wildman–Crippen MR) is 100.0 cm³/mol. The second-order valence-corrected chi connectivity index (χ2v) is 5.96. The zero-order chi connectivity index (χ0) is 17.1. The number of likely N-dealkylation sites (N-methyl/N-ethyl adjacent to an activating group) is 1. The van der Waals surface area contributed by atoms with Gasteiger partial charge in [-0.25, -0.2) is 0 Å². The Morgan fingerprint density at radius 2 is 1.71 bits per heavy atom. The van der Waals surface area contributed by atoms with Crippen molar-refractivity contribution in [2.24, 2.45) is 7.05 Å². The third-order valence-corrected chi connectivity index (χ3v) is 4.65. The maximum atomic E-state index is 12.8. The van der Waals surface area contributed by atoms with Crippen LogP contribution in [0, 0.1) is 0 Å². The Bertz CT molecular complexity index is 911. The average molecular weight is 324 g/mol. The van der Waals surface area contributed by atoms with Crippen LogP contribution >= 0.6 is 0 Å². The van der Waals surface area contributed by atoms with Crippen LogP contribution in [0.3, 0.4) is 0 Å². The van der Waals surface area contributed by atoms with Crippen LogP contribution in [-0.4, -0.2) is 35.7 Å². The Labute approximate surface area is 142 Å². The molecule has 4 heteroatoms. The number of para-hydroxylation sites is 1. The molecule has 0 fully saturated rings. The summed E-state index contributed by atoms with van der Waals surface area (Å²) in [4.78, 5) is 15.1. The summed E-state index contributed by atoms with van der Waals surface area (Å²) in [7, 11) is 1.99. The van der Waals surface area contributed by atoms with E-state index in [9.17, 15) is 4.79 Å². The molecular weight excluding hydrogens is 300 g/mol. The van der Waals surface area contributed by atoms with E-state index in [0.717, 1.165) is 41.8 Å². The van der Waals surface area contributed by atoms with Crippen LogP contribution in [0.25, 0.3) is 21.8 Å². The molecule has 0 aliphatic carbocycles. The molecule has 0 amide bonds. The summed E-state index contributed by atoms with van der Waals surface area (Å²) >= 11 is 0. The van der Waals surface area contributed by atoms with E-state index in [0.29, 0.717) is 12.0 Å². The lowest BCUT2D eigenvalue weighted by atomic mass is 10.1. The number of benzene rings is 2. The summed E-state index contributed by atoms with van der Waals surface area (Å²) in [5, 5.41) is 1.45. The molecule has 0 unspecified atom stereocenters. The van der Waals surface area contributed by atoms with Gasteiger partial charge in [-0.1, -0.05) is 26.0 Å². The quantitative estimate of drug-likeness (QED) is 0.652. The zero-order valence-corrected chi connectivity index (χ0v) is 14.6. The van der Waals surface area contributed by atoms with E-state index in [1.54, 1.807) is 0 Å². The largest absolute Gasteiger partial charge is 0.492 e. The highest BCUT2D eigenvalue weighted by atomic mass is 16.5. The third kappa shape index (κ3) is 3.02. The highest BCUT2D eigenvalue weighted by Crippen LogP contribution is 2.22. The van der Waals surface area contributed by atoms with Crippen LogP contribution < -0.4 is 10.2 Å². The lowest BCUT2D eigenvalue weighted by Gasteiger charge is -2.18. The van der Waals surface area contributed by atoms with Crippen molar-refractivity contribution >= 4 is 21.8 Å². The minimum absolute atomic E-state index is 0.0629. The molecule has 4 nitrogen and oxygen atoms in total. The first-order valence-electron chi connectivity index (χ1n) is 8.52. The van der Waals surface area contributed by atoms with Crippen molar-refractivity contribution in [1.29, 1.82) is 0 Å². The first kappa shape index (κ1) is 16.5. The molecule has 1 aromatic heterocycles. The minimum Gasteiger partial charge on any atom is -0.492 e. The van der Waals surface area contributed by atoms with E-state index in [-0.39, 0.29) is 5.43 Å². The van der Waals surface area contributed by atoms with Crippen LogP contribution in [-0.2, 0) is 7.05 Å². The second-order valence-electron chi connectivity index (χ2n) is 5.96. The fourth-order valence-electron chi connectivity index (χ4n) is 3.14. The number of hydrogen-bond acceptors (Lipinski definition) is 3. The van der Waals surface area contributed by atoms with Gasteiger partial charge in [0.1, 0.15) is 12.4 Å².